The summed E-state index contributed by atoms with van der Waals surface area (Å²) in [5.41, 5.74) is 1.84. The van der Waals surface area contributed by atoms with E-state index in [9.17, 15) is 14.5 Å². The van der Waals surface area contributed by atoms with Crippen LogP contribution in [0.4, 0.5) is 10.1 Å². The van der Waals surface area contributed by atoms with Crippen molar-refractivity contribution in [1.29, 1.82) is 0 Å². The summed E-state index contributed by atoms with van der Waals surface area (Å²) in [4.78, 5) is 10.3. The van der Waals surface area contributed by atoms with E-state index in [0.29, 0.717) is 0 Å². The first-order valence-electron chi connectivity index (χ1n) is 5.58. The summed E-state index contributed by atoms with van der Waals surface area (Å²) < 4.78 is 12.8. The van der Waals surface area contributed by atoms with Gasteiger partial charge in [0.1, 0.15) is 5.82 Å². The van der Waals surface area contributed by atoms with Crippen molar-refractivity contribution in [3.63, 3.8) is 0 Å². The lowest BCUT2D eigenvalue weighted by molar-refractivity contribution is -0.384. The molecule has 0 radical (unpaired) electrons. The van der Waals surface area contributed by atoms with Gasteiger partial charge in [-0.15, -0.1) is 0 Å². The summed E-state index contributed by atoms with van der Waals surface area (Å²) in [6.45, 7) is 1.94. The van der Waals surface area contributed by atoms with Crippen LogP contribution in [0.3, 0.4) is 0 Å². The lowest BCUT2D eigenvalue weighted by Gasteiger charge is -2.12. The number of nitro groups is 1. The van der Waals surface area contributed by atoms with Crippen LogP contribution >= 0.6 is 0 Å². The maximum atomic E-state index is 12.8. The molecule has 4 heteroatoms. The minimum atomic E-state index is -0.416. The second kappa shape index (κ2) is 4.96. The van der Waals surface area contributed by atoms with Crippen molar-refractivity contribution in [1.82, 2.24) is 0 Å². The van der Waals surface area contributed by atoms with E-state index in [-0.39, 0.29) is 17.4 Å². The van der Waals surface area contributed by atoms with Gasteiger partial charge in [-0.25, -0.2) is 4.39 Å². The third-order valence-electron chi connectivity index (χ3n) is 2.95. The zero-order valence-electron chi connectivity index (χ0n) is 9.84. The molecule has 0 spiro atoms. The molecule has 0 aliphatic rings. The zero-order chi connectivity index (χ0) is 13.1. The van der Waals surface area contributed by atoms with Crippen LogP contribution in [-0.4, -0.2) is 4.92 Å². The molecule has 0 bridgehead atoms. The molecule has 0 amide bonds. The molecule has 0 fully saturated rings. The highest BCUT2D eigenvalue weighted by Crippen LogP contribution is 2.26. The fraction of sp³-hybridized carbons (Fsp3) is 0.143. The highest BCUT2D eigenvalue weighted by atomic mass is 19.1. The molecule has 0 heterocycles. The SMILES string of the molecule is CC(c1ccc(F)cc1)c1cccc([N+](=O)[O-])c1. The molecule has 2 rings (SSSR count). The average molecular weight is 245 g/mol. The number of nitro benzene ring substituents is 1. The molecule has 0 aliphatic carbocycles. The van der Waals surface area contributed by atoms with Crippen LogP contribution in [0.15, 0.2) is 48.5 Å². The van der Waals surface area contributed by atoms with Gasteiger partial charge in [0.05, 0.1) is 4.92 Å². The summed E-state index contributed by atoms with van der Waals surface area (Å²) in [5, 5.41) is 10.7. The van der Waals surface area contributed by atoms with E-state index >= 15 is 0 Å². The van der Waals surface area contributed by atoms with Crippen molar-refractivity contribution in [3.05, 3.63) is 75.6 Å². The number of non-ortho nitro benzene ring substituents is 1. The van der Waals surface area contributed by atoms with Gasteiger partial charge in [-0.1, -0.05) is 31.2 Å². The van der Waals surface area contributed by atoms with E-state index in [4.69, 9.17) is 0 Å². The Balaban J connectivity index is 2.33. The van der Waals surface area contributed by atoms with Crippen LogP contribution in [-0.2, 0) is 0 Å². The number of hydrogen-bond acceptors (Lipinski definition) is 2. The van der Waals surface area contributed by atoms with E-state index in [0.717, 1.165) is 11.1 Å². The van der Waals surface area contributed by atoms with Gasteiger partial charge in [-0.05, 0) is 23.3 Å². The van der Waals surface area contributed by atoms with Crippen LogP contribution in [0.1, 0.15) is 24.0 Å². The Kier molecular flexibility index (Phi) is 3.37. The molecule has 92 valence electrons. The summed E-state index contributed by atoms with van der Waals surface area (Å²) in [6.07, 6.45) is 0. The summed E-state index contributed by atoms with van der Waals surface area (Å²) in [5.74, 6) is -0.296. The topological polar surface area (TPSA) is 43.1 Å². The fourth-order valence-electron chi connectivity index (χ4n) is 1.85. The van der Waals surface area contributed by atoms with Gasteiger partial charge < -0.3 is 0 Å². The fourth-order valence-corrected chi connectivity index (χ4v) is 1.85. The molecule has 0 saturated carbocycles. The minimum Gasteiger partial charge on any atom is -0.258 e. The Hall–Kier alpha value is -2.23. The largest absolute Gasteiger partial charge is 0.269 e. The molecule has 18 heavy (non-hydrogen) atoms. The molecule has 0 aromatic heterocycles. The van der Waals surface area contributed by atoms with Crippen LogP contribution in [0.2, 0.25) is 0 Å². The van der Waals surface area contributed by atoms with Crippen molar-refractivity contribution in [3.8, 4) is 0 Å². The summed E-state index contributed by atoms with van der Waals surface area (Å²) in [6, 6.07) is 12.7. The summed E-state index contributed by atoms with van der Waals surface area (Å²) in [7, 11) is 0. The van der Waals surface area contributed by atoms with Gasteiger partial charge in [0, 0.05) is 18.1 Å². The van der Waals surface area contributed by atoms with Crippen LogP contribution in [0.25, 0.3) is 0 Å². The standard InChI is InChI=1S/C14H12FNO2/c1-10(11-5-7-13(15)8-6-11)12-3-2-4-14(9-12)16(17)18/h2-10H,1H3. The Morgan fingerprint density at radius 2 is 1.78 bits per heavy atom. The quantitative estimate of drug-likeness (QED) is 0.608. The van der Waals surface area contributed by atoms with E-state index < -0.39 is 4.92 Å². The molecule has 0 N–H and O–H groups in total. The molecule has 1 unspecified atom stereocenters. The second-order valence-corrected chi connectivity index (χ2v) is 4.13. The number of hydrogen-bond donors (Lipinski definition) is 0. The number of nitrogens with zero attached hydrogens (tertiary/aromatic N) is 1. The molecule has 3 nitrogen and oxygen atoms in total. The monoisotopic (exact) mass is 245 g/mol. The summed E-state index contributed by atoms with van der Waals surface area (Å²) >= 11 is 0. The third kappa shape index (κ3) is 2.53. The number of rotatable bonds is 3. The Bertz CT molecular complexity index is 566. The van der Waals surface area contributed by atoms with E-state index in [2.05, 4.69) is 0 Å². The van der Waals surface area contributed by atoms with Gasteiger partial charge in [0.15, 0.2) is 0 Å². The first-order valence-corrected chi connectivity index (χ1v) is 5.58. The molecular weight excluding hydrogens is 233 g/mol. The van der Waals surface area contributed by atoms with E-state index in [1.54, 1.807) is 24.3 Å². The van der Waals surface area contributed by atoms with Gasteiger partial charge in [0.2, 0.25) is 0 Å². The van der Waals surface area contributed by atoms with E-state index in [1.807, 2.05) is 13.0 Å². The number of halogens is 1. The lowest BCUT2D eigenvalue weighted by Crippen LogP contribution is -1.97. The molecule has 0 saturated heterocycles. The predicted octanol–water partition coefficient (Wildman–Crippen LogP) is 3.89. The normalized spacial score (nSPS) is 12.1. The van der Waals surface area contributed by atoms with E-state index in [1.165, 1.54) is 18.2 Å². The van der Waals surface area contributed by atoms with Crippen molar-refractivity contribution >= 4 is 5.69 Å². The van der Waals surface area contributed by atoms with Crippen molar-refractivity contribution in [2.45, 2.75) is 12.8 Å². The van der Waals surface area contributed by atoms with Crippen molar-refractivity contribution in [2.75, 3.05) is 0 Å². The van der Waals surface area contributed by atoms with Crippen LogP contribution in [0.5, 0.6) is 0 Å². The molecule has 2 aromatic rings. The highest BCUT2D eigenvalue weighted by molar-refractivity contribution is 5.39. The van der Waals surface area contributed by atoms with Gasteiger partial charge in [-0.3, -0.25) is 10.1 Å². The van der Waals surface area contributed by atoms with Crippen LogP contribution in [0, 0.1) is 15.9 Å². The third-order valence-corrected chi connectivity index (χ3v) is 2.95. The molecular formula is C14H12FNO2. The van der Waals surface area contributed by atoms with Crippen molar-refractivity contribution < 1.29 is 9.31 Å². The average Bonchev–Trinajstić information content (AvgIpc) is 2.39. The molecule has 0 aliphatic heterocycles. The highest BCUT2D eigenvalue weighted by Gasteiger charge is 2.12. The minimum absolute atomic E-state index is 0.00880. The molecule has 2 aromatic carbocycles. The van der Waals surface area contributed by atoms with Crippen LogP contribution < -0.4 is 0 Å². The predicted molar refractivity (Wildman–Crippen MR) is 67.0 cm³/mol. The lowest BCUT2D eigenvalue weighted by atomic mass is 9.93. The zero-order valence-corrected chi connectivity index (χ0v) is 9.84. The second-order valence-electron chi connectivity index (χ2n) is 4.13. The maximum Gasteiger partial charge on any atom is 0.269 e. The van der Waals surface area contributed by atoms with Crippen molar-refractivity contribution in [2.24, 2.45) is 0 Å². The smallest absolute Gasteiger partial charge is 0.258 e. The first-order chi connectivity index (χ1) is 8.58. The Morgan fingerprint density at radius 1 is 1.11 bits per heavy atom. The Labute approximate surface area is 104 Å². The maximum absolute atomic E-state index is 12.8. The first kappa shape index (κ1) is 12.2. The number of benzene rings is 2. The van der Waals surface area contributed by atoms with Gasteiger partial charge in [0.25, 0.3) is 5.69 Å². The molecule has 1 atom stereocenters. The van der Waals surface area contributed by atoms with Gasteiger partial charge in [-0.2, -0.15) is 0 Å². The van der Waals surface area contributed by atoms with Gasteiger partial charge >= 0.3 is 0 Å². The Morgan fingerprint density at radius 3 is 2.39 bits per heavy atom.